The topological polar surface area (TPSA) is 59.3 Å². The number of thioether (sulfide) groups is 1. The number of amides is 1. The number of hydrogen-bond donors (Lipinski definition) is 1. The van der Waals surface area contributed by atoms with E-state index in [-0.39, 0.29) is 11.7 Å². The smallest absolute Gasteiger partial charge is 0.250 e. The molecule has 0 aliphatic carbocycles. The summed E-state index contributed by atoms with van der Waals surface area (Å²) in [4.78, 5) is 17.0. The third-order valence-corrected chi connectivity index (χ3v) is 6.23. The predicted octanol–water partition coefficient (Wildman–Crippen LogP) is 5.63. The molecule has 4 aromatic rings. The Morgan fingerprint density at radius 3 is 2.52 bits per heavy atom. The molecule has 3 aromatic carbocycles. The molecule has 8 heteroatoms. The average molecular weight is 469 g/mol. The van der Waals surface area contributed by atoms with Crippen LogP contribution in [0.3, 0.4) is 0 Å². The Bertz CT molecular complexity index is 1260. The van der Waals surface area contributed by atoms with Gasteiger partial charge in [-0.15, -0.1) is 0 Å². The van der Waals surface area contributed by atoms with Gasteiger partial charge in [0.25, 0.3) is 5.91 Å². The Morgan fingerprint density at radius 2 is 1.71 bits per heavy atom. The monoisotopic (exact) mass is 468 g/mol. The molecule has 31 heavy (non-hydrogen) atoms. The Morgan fingerprint density at radius 1 is 1.00 bits per heavy atom. The number of hydrazone groups is 1. The summed E-state index contributed by atoms with van der Waals surface area (Å²) < 4.78 is 2.07. The number of benzene rings is 3. The minimum absolute atomic E-state index is 0.172. The lowest BCUT2D eigenvalue weighted by Crippen LogP contribution is -2.20. The zero-order valence-corrected chi connectivity index (χ0v) is 18.7. The number of hydrogen-bond acceptors (Lipinski definition) is 4. The number of nitrogens with one attached hydrogen (secondary N) is 1. The number of fused-ring (bicyclic) bond motifs is 1. The fraction of sp³-hybridized carbons (Fsp3) is 0.0870. The standard InChI is InChI=1S/C23H18Cl2N4OS/c24-18-9-3-1-7-16(18)13-26-28-22(30)15-31-23-27-20-11-5-6-12-21(20)29(23)14-17-8-2-4-10-19(17)25/h1-13H,14-15H2,(H,28,30)/b26-13-. The van der Waals surface area contributed by atoms with E-state index in [1.807, 2.05) is 66.7 Å². The SMILES string of the molecule is O=C(CSc1nc2ccccc2n1Cc1ccccc1Cl)N/N=C\c1ccccc1Cl. The Kier molecular flexibility index (Phi) is 6.92. The van der Waals surface area contributed by atoms with Crippen LogP contribution in [0.15, 0.2) is 83.1 Å². The van der Waals surface area contributed by atoms with Gasteiger partial charge >= 0.3 is 0 Å². The first-order valence-corrected chi connectivity index (χ1v) is 11.2. The first-order chi connectivity index (χ1) is 15.1. The fourth-order valence-electron chi connectivity index (χ4n) is 3.03. The molecule has 1 aromatic heterocycles. The van der Waals surface area contributed by atoms with Crippen LogP contribution < -0.4 is 5.43 Å². The number of carbonyl (C=O) groups excluding carboxylic acids is 1. The number of imidazole rings is 1. The van der Waals surface area contributed by atoms with Crippen molar-refractivity contribution in [3.63, 3.8) is 0 Å². The Balaban J connectivity index is 1.47. The highest BCUT2D eigenvalue weighted by Crippen LogP contribution is 2.27. The van der Waals surface area contributed by atoms with Gasteiger partial charge in [-0.3, -0.25) is 4.79 Å². The highest BCUT2D eigenvalue weighted by Gasteiger charge is 2.14. The van der Waals surface area contributed by atoms with Crippen molar-refractivity contribution >= 4 is 58.1 Å². The number of nitrogens with zero attached hydrogens (tertiary/aromatic N) is 3. The van der Waals surface area contributed by atoms with E-state index in [0.717, 1.165) is 27.3 Å². The van der Waals surface area contributed by atoms with E-state index in [1.165, 1.54) is 18.0 Å². The second kappa shape index (κ2) is 10.0. The quantitative estimate of drug-likeness (QED) is 0.217. The van der Waals surface area contributed by atoms with Gasteiger partial charge in [0.2, 0.25) is 0 Å². The molecule has 0 spiro atoms. The van der Waals surface area contributed by atoms with Gasteiger partial charge in [0.15, 0.2) is 5.16 Å². The lowest BCUT2D eigenvalue weighted by atomic mass is 10.2. The summed E-state index contributed by atoms with van der Waals surface area (Å²) in [6, 6.07) is 22.9. The summed E-state index contributed by atoms with van der Waals surface area (Å²) in [6.07, 6.45) is 1.53. The second-order valence-corrected chi connectivity index (χ2v) is 8.42. The summed E-state index contributed by atoms with van der Waals surface area (Å²) in [5, 5.41) is 6.00. The molecular formula is C23H18Cl2N4OS. The molecule has 0 bridgehead atoms. The molecule has 4 rings (SSSR count). The number of carbonyl (C=O) groups is 1. The molecular weight excluding hydrogens is 451 g/mol. The Hall–Kier alpha value is -2.80. The van der Waals surface area contributed by atoms with Crippen LogP contribution >= 0.6 is 35.0 Å². The van der Waals surface area contributed by atoms with Gasteiger partial charge in [-0.05, 0) is 29.8 Å². The molecule has 0 saturated heterocycles. The molecule has 0 aliphatic heterocycles. The summed E-state index contributed by atoms with van der Waals surface area (Å²) in [7, 11) is 0. The van der Waals surface area contributed by atoms with Crippen LogP contribution in [0.25, 0.3) is 11.0 Å². The number of halogens is 2. The Labute approximate surface area is 194 Å². The summed E-state index contributed by atoms with van der Waals surface area (Å²) in [5.41, 5.74) is 6.11. The number of para-hydroxylation sites is 2. The lowest BCUT2D eigenvalue weighted by Gasteiger charge is -2.10. The first kappa shape index (κ1) is 21.4. The van der Waals surface area contributed by atoms with Crippen molar-refractivity contribution in [3.05, 3.63) is 94.0 Å². The van der Waals surface area contributed by atoms with Gasteiger partial charge in [-0.2, -0.15) is 5.10 Å². The molecule has 5 nitrogen and oxygen atoms in total. The van der Waals surface area contributed by atoms with Crippen LogP contribution in [-0.4, -0.2) is 27.4 Å². The van der Waals surface area contributed by atoms with E-state index < -0.39 is 0 Å². The van der Waals surface area contributed by atoms with E-state index in [2.05, 4.69) is 15.1 Å². The van der Waals surface area contributed by atoms with Gasteiger partial charge < -0.3 is 4.57 Å². The maximum atomic E-state index is 12.3. The second-order valence-electron chi connectivity index (χ2n) is 6.66. The third-order valence-electron chi connectivity index (χ3n) is 4.54. The summed E-state index contributed by atoms with van der Waals surface area (Å²) in [5.74, 6) is -0.0595. The molecule has 156 valence electrons. The molecule has 1 heterocycles. The van der Waals surface area contributed by atoms with E-state index in [0.29, 0.717) is 16.6 Å². The molecule has 0 saturated carbocycles. The molecule has 0 atom stereocenters. The number of aromatic nitrogens is 2. The van der Waals surface area contributed by atoms with Crippen LogP contribution in [0.4, 0.5) is 0 Å². The minimum atomic E-state index is -0.232. The summed E-state index contributed by atoms with van der Waals surface area (Å²) in [6.45, 7) is 0.564. The third kappa shape index (κ3) is 5.28. The van der Waals surface area contributed by atoms with Crippen molar-refractivity contribution in [2.45, 2.75) is 11.7 Å². The molecule has 0 radical (unpaired) electrons. The van der Waals surface area contributed by atoms with Crippen LogP contribution in [0.1, 0.15) is 11.1 Å². The maximum Gasteiger partial charge on any atom is 0.250 e. The van der Waals surface area contributed by atoms with E-state index in [9.17, 15) is 4.79 Å². The van der Waals surface area contributed by atoms with Crippen molar-refractivity contribution in [2.75, 3.05) is 5.75 Å². The minimum Gasteiger partial charge on any atom is -0.314 e. The van der Waals surface area contributed by atoms with Crippen molar-refractivity contribution in [1.29, 1.82) is 0 Å². The van der Waals surface area contributed by atoms with Gasteiger partial charge in [-0.25, -0.2) is 10.4 Å². The predicted molar refractivity (Wildman–Crippen MR) is 128 cm³/mol. The molecule has 0 fully saturated rings. The van der Waals surface area contributed by atoms with Crippen LogP contribution in [-0.2, 0) is 11.3 Å². The van der Waals surface area contributed by atoms with Gasteiger partial charge in [0.05, 0.1) is 29.5 Å². The van der Waals surface area contributed by atoms with Crippen molar-refractivity contribution in [3.8, 4) is 0 Å². The zero-order valence-electron chi connectivity index (χ0n) is 16.3. The van der Waals surface area contributed by atoms with Crippen molar-refractivity contribution in [2.24, 2.45) is 5.10 Å². The largest absolute Gasteiger partial charge is 0.314 e. The summed E-state index contributed by atoms with van der Waals surface area (Å²) >= 11 is 13.8. The maximum absolute atomic E-state index is 12.3. The van der Waals surface area contributed by atoms with Gasteiger partial charge in [0, 0.05) is 15.6 Å². The molecule has 1 amide bonds. The van der Waals surface area contributed by atoms with E-state index in [4.69, 9.17) is 28.2 Å². The van der Waals surface area contributed by atoms with E-state index in [1.54, 1.807) is 6.07 Å². The first-order valence-electron chi connectivity index (χ1n) is 9.50. The number of rotatable bonds is 7. The average Bonchev–Trinajstić information content (AvgIpc) is 3.13. The highest BCUT2D eigenvalue weighted by atomic mass is 35.5. The van der Waals surface area contributed by atoms with Crippen LogP contribution in [0.5, 0.6) is 0 Å². The van der Waals surface area contributed by atoms with Crippen LogP contribution in [0, 0.1) is 0 Å². The van der Waals surface area contributed by atoms with Gasteiger partial charge in [-0.1, -0.05) is 83.5 Å². The zero-order chi connectivity index (χ0) is 21.6. The molecule has 0 unspecified atom stereocenters. The fourth-order valence-corrected chi connectivity index (χ4v) is 4.22. The highest BCUT2D eigenvalue weighted by molar-refractivity contribution is 7.99. The molecule has 0 aliphatic rings. The van der Waals surface area contributed by atoms with Crippen LogP contribution in [0.2, 0.25) is 10.0 Å². The normalized spacial score (nSPS) is 11.3. The van der Waals surface area contributed by atoms with E-state index >= 15 is 0 Å². The lowest BCUT2D eigenvalue weighted by molar-refractivity contribution is -0.118. The van der Waals surface area contributed by atoms with Gasteiger partial charge in [0.1, 0.15) is 0 Å². The van der Waals surface area contributed by atoms with Crippen molar-refractivity contribution < 1.29 is 4.79 Å². The van der Waals surface area contributed by atoms with Crippen molar-refractivity contribution in [1.82, 2.24) is 15.0 Å². The molecule has 1 N–H and O–H groups in total.